The molecule has 0 spiro atoms. The number of halogens is 1. The van der Waals surface area contributed by atoms with Crippen molar-refractivity contribution in [1.82, 2.24) is 0 Å². The fraction of sp³-hybridized carbons (Fsp3) is 0.364. The van der Waals surface area contributed by atoms with Gasteiger partial charge in [0.25, 0.3) is 0 Å². The van der Waals surface area contributed by atoms with Crippen molar-refractivity contribution in [3.63, 3.8) is 0 Å². The highest BCUT2D eigenvalue weighted by atomic mass is 35.5. The van der Waals surface area contributed by atoms with Crippen LogP contribution in [0.1, 0.15) is 43.4 Å². The van der Waals surface area contributed by atoms with Gasteiger partial charge in [0.15, 0.2) is 0 Å². The molecule has 3 heteroatoms. The average molecular weight is 354 g/mol. The first-order valence-corrected chi connectivity index (χ1v) is 9.45. The van der Waals surface area contributed by atoms with Crippen LogP contribution in [0.2, 0.25) is 5.02 Å². The summed E-state index contributed by atoms with van der Waals surface area (Å²) >= 11 is 6.23. The van der Waals surface area contributed by atoms with E-state index in [1.54, 1.807) is 0 Å². The zero-order valence-electron chi connectivity index (χ0n) is 14.7. The van der Waals surface area contributed by atoms with Crippen LogP contribution in [0.15, 0.2) is 54.6 Å². The molecule has 1 heterocycles. The van der Waals surface area contributed by atoms with Gasteiger partial charge in [-0.25, -0.2) is 0 Å². The van der Waals surface area contributed by atoms with Gasteiger partial charge in [-0.1, -0.05) is 49.7 Å². The van der Waals surface area contributed by atoms with E-state index in [-0.39, 0.29) is 6.04 Å². The van der Waals surface area contributed by atoms with Gasteiger partial charge in [0.1, 0.15) is 5.75 Å². The molecule has 0 radical (unpaired) electrons. The van der Waals surface area contributed by atoms with Crippen molar-refractivity contribution < 1.29 is 4.74 Å². The fourth-order valence-electron chi connectivity index (χ4n) is 3.96. The van der Waals surface area contributed by atoms with Gasteiger partial charge in [0.2, 0.25) is 0 Å². The van der Waals surface area contributed by atoms with Crippen molar-refractivity contribution >= 4 is 17.3 Å². The normalized spacial score (nSPS) is 23.9. The van der Waals surface area contributed by atoms with E-state index >= 15 is 0 Å². The third-order valence-corrected chi connectivity index (χ3v) is 5.36. The Morgan fingerprint density at radius 2 is 2.08 bits per heavy atom. The largest absolute Gasteiger partial charge is 0.493 e. The monoisotopic (exact) mass is 353 g/mol. The van der Waals surface area contributed by atoms with E-state index in [9.17, 15) is 0 Å². The first kappa shape index (κ1) is 16.5. The number of rotatable bonds is 4. The Balaban J connectivity index is 1.66. The van der Waals surface area contributed by atoms with Gasteiger partial charge in [-0.05, 0) is 59.7 Å². The predicted octanol–water partition coefficient (Wildman–Crippen LogP) is 6.20. The molecule has 25 heavy (non-hydrogen) atoms. The molecule has 1 N–H and O–H groups in total. The molecule has 3 atom stereocenters. The molecule has 1 aliphatic carbocycles. The Labute approximate surface area is 154 Å². The van der Waals surface area contributed by atoms with Crippen LogP contribution >= 0.6 is 11.6 Å². The highest BCUT2D eigenvalue weighted by molar-refractivity contribution is 6.30. The molecule has 0 aromatic heterocycles. The standard InChI is InChI=1S/C22H24ClNO/c1-14(2)13-25-17-9-10-21-20(12-17)18-7-4-8-19(18)22(24-21)15-5-3-6-16(23)11-15/h3-7,9-12,14,18-19,22,24H,8,13H2,1-2H3. The molecule has 2 aliphatic rings. The number of nitrogens with one attached hydrogen (secondary N) is 1. The number of ether oxygens (including phenoxy) is 1. The van der Waals surface area contributed by atoms with E-state index in [0.29, 0.717) is 17.8 Å². The molecule has 0 bridgehead atoms. The fourth-order valence-corrected chi connectivity index (χ4v) is 4.15. The molecule has 0 fully saturated rings. The van der Waals surface area contributed by atoms with E-state index in [1.165, 1.54) is 16.8 Å². The summed E-state index contributed by atoms with van der Waals surface area (Å²) in [6, 6.07) is 15.0. The van der Waals surface area contributed by atoms with Crippen LogP contribution in [-0.4, -0.2) is 6.61 Å². The molecule has 0 saturated carbocycles. The minimum Gasteiger partial charge on any atom is -0.493 e. The van der Waals surface area contributed by atoms with E-state index in [0.717, 1.165) is 23.8 Å². The highest BCUT2D eigenvalue weighted by Gasteiger charge is 2.38. The second kappa shape index (κ2) is 6.76. The molecule has 2 nitrogen and oxygen atoms in total. The quantitative estimate of drug-likeness (QED) is 0.660. The molecule has 4 rings (SSSR count). The molecule has 130 valence electrons. The Bertz CT molecular complexity index is 798. The zero-order chi connectivity index (χ0) is 17.4. The Hall–Kier alpha value is -1.93. The molecule has 2 aromatic rings. The first-order valence-electron chi connectivity index (χ1n) is 9.07. The average Bonchev–Trinajstić information content (AvgIpc) is 3.09. The van der Waals surface area contributed by atoms with E-state index in [4.69, 9.17) is 16.3 Å². The molecular formula is C22H24ClNO. The van der Waals surface area contributed by atoms with Gasteiger partial charge in [0.05, 0.1) is 12.6 Å². The molecule has 2 aromatic carbocycles. The van der Waals surface area contributed by atoms with Crippen molar-refractivity contribution in [1.29, 1.82) is 0 Å². The van der Waals surface area contributed by atoms with Crippen LogP contribution in [0.25, 0.3) is 0 Å². The Morgan fingerprint density at radius 1 is 1.20 bits per heavy atom. The first-order chi connectivity index (χ1) is 12.1. The number of hydrogen-bond acceptors (Lipinski definition) is 2. The van der Waals surface area contributed by atoms with Crippen LogP contribution in [0.5, 0.6) is 5.75 Å². The van der Waals surface area contributed by atoms with Gasteiger partial charge in [-0.3, -0.25) is 0 Å². The van der Waals surface area contributed by atoms with Gasteiger partial charge < -0.3 is 10.1 Å². The van der Waals surface area contributed by atoms with Crippen LogP contribution in [0.3, 0.4) is 0 Å². The van der Waals surface area contributed by atoms with Crippen LogP contribution < -0.4 is 10.1 Å². The van der Waals surface area contributed by atoms with E-state index in [1.807, 2.05) is 12.1 Å². The van der Waals surface area contributed by atoms with Crippen molar-refractivity contribution in [2.75, 3.05) is 11.9 Å². The third-order valence-electron chi connectivity index (χ3n) is 5.13. The molecular weight excluding hydrogens is 330 g/mol. The van der Waals surface area contributed by atoms with Crippen molar-refractivity contribution in [2.45, 2.75) is 32.2 Å². The van der Waals surface area contributed by atoms with Crippen molar-refractivity contribution in [3.8, 4) is 5.75 Å². The maximum atomic E-state index is 6.23. The lowest BCUT2D eigenvalue weighted by Gasteiger charge is -2.37. The van der Waals surface area contributed by atoms with Crippen molar-refractivity contribution in [2.24, 2.45) is 11.8 Å². The van der Waals surface area contributed by atoms with Crippen LogP contribution in [-0.2, 0) is 0 Å². The lowest BCUT2D eigenvalue weighted by atomic mass is 9.77. The number of hydrogen-bond donors (Lipinski definition) is 1. The minimum atomic E-state index is 0.286. The lowest BCUT2D eigenvalue weighted by molar-refractivity contribution is 0.270. The van der Waals surface area contributed by atoms with E-state index < -0.39 is 0 Å². The van der Waals surface area contributed by atoms with Gasteiger partial charge in [-0.2, -0.15) is 0 Å². The molecule has 3 unspecified atom stereocenters. The van der Waals surface area contributed by atoms with E-state index in [2.05, 4.69) is 61.6 Å². The summed E-state index contributed by atoms with van der Waals surface area (Å²) < 4.78 is 5.94. The van der Waals surface area contributed by atoms with Gasteiger partial charge in [0, 0.05) is 16.6 Å². The summed E-state index contributed by atoms with van der Waals surface area (Å²) in [5.41, 5.74) is 3.81. The summed E-state index contributed by atoms with van der Waals surface area (Å²) in [6.07, 6.45) is 5.75. The number of anilines is 1. The summed E-state index contributed by atoms with van der Waals surface area (Å²) in [5, 5.41) is 4.55. The number of allylic oxidation sites excluding steroid dienone is 2. The Kier molecular flexibility index (Phi) is 4.47. The summed E-state index contributed by atoms with van der Waals surface area (Å²) in [5.74, 6) is 2.45. The summed E-state index contributed by atoms with van der Waals surface area (Å²) in [6.45, 7) is 5.10. The second-order valence-corrected chi connectivity index (χ2v) is 7.92. The summed E-state index contributed by atoms with van der Waals surface area (Å²) in [4.78, 5) is 0. The SMILES string of the molecule is CC(C)COc1ccc2c(c1)C1C=CCC1C(c1cccc(Cl)c1)N2. The third kappa shape index (κ3) is 3.28. The van der Waals surface area contributed by atoms with Gasteiger partial charge >= 0.3 is 0 Å². The number of benzene rings is 2. The Morgan fingerprint density at radius 3 is 2.88 bits per heavy atom. The maximum Gasteiger partial charge on any atom is 0.119 e. The highest BCUT2D eigenvalue weighted by Crippen LogP contribution is 2.50. The smallest absolute Gasteiger partial charge is 0.119 e. The molecule has 1 aliphatic heterocycles. The molecule has 0 amide bonds. The topological polar surface area (TPSA) is 21.3 Å². The van der Waals surface area contributed by atoms with Gasteiger partial charge in [-0.15, -0.1) is 0 Å². The lowest BCUT2D eigenvalue weighted by Crippen LogP contribution is -2.29. The predicted molar refractivity (Wildman–Crippen MR) is 105 cm³/mol. The number of fused-ring (bicyclic) bond motifs is 3. The van der Waals surface area contributed by atoms with Crippen LogP contribution in [0, 0.1) is 11.8 Å². The zero-order valence-corrected chi connectivity index (χ0v) is 15.5. The minimum absolute atomic E-state index is 0.286. The second-order valence-electron chi connectivity index (χ2n) is 7.48. The maximum absolute atomic E-state index is 6.23. The summed E-state index contributed by atoms with van der Waals surface area (Å²) in [7, 11) is 0. The molecule has 0 saturated heterocycles. The van der Waals surface area contributed by atoms with Crippen molar-refractivity contribution in [3.05, 3.63) is 70.8 Å². The van der Waals surface area contributed by atoms with Crippen LogP contribution in [0.4, 0.5) is 5.69 Å².